The second-order valence-corrected chi connectivity index (χ2v) is 7.33. The summed E-state index contributed by atoms with van der Waals surface area (Å²) >= 11 is 0. The number of ether oxygens (including phenoxy) is 2. The highest BCUT2D eigenvalue weighted by molar-refractivity contribution is 5.69. The van der Waals surface area contributed by atoms with E-state index in [2.05, 4.69) is 10.6 Å². The third-order valence-corrected chi connectivity index (χ3v) is 5.31. The zero-order valence-electron chi connectivity index (χ0n) is 15.9. The Kier molecular flexibility index (Phi) is 7.47. The lowest BCUT2D eigenvalue weighted by Crippen LogP contribution is -2.61. The minimum atomic E-state index is -1.56. The number of hydrogen-bond donors (Lipinski definition) is 10. The summed E-state index contributed by atoms with van der Waals surface area (Å²) < 4.78 is 10.9. The monoisotopic (exact) mass is 432 g/mol. The molecule has 10 atom stereocenters. The highest BCUT2D eigenvalue weighted by Gasteiger charge is 2.45. The molecule has 2 heterocycles. The lowest BCUT2D eigenvalue weighted by Gasteiger charge is -2.42. The van der Waals surface area contributed by atoms with Crippen molar-refractivity contribution >= 4 is 11.4 Å². The first-order chi connectivity index (χ1) is 14.3. The maximum Gasteiger partial charge on any atom is 0.157 e. The van der Waals surface area contributed by atoms with Gasteiger partial charge in [-0.05, 0) is 12.1 Å². The smallest absolute Gasteiger partial charge is 0.157 e. The molecule has 2 saturated heterocycles. The van der Waals surface area contributed by atoms with Gasteiger partial charge in [-0.1, -0.05) is 12.1 Å². The van der Waals surface area contributed by atoms with Crippen LogP contribution in [-0.2, 0) is 9.47 Å². The maximum atomic E-state index is 10.2. The van der Waals surface area contributed by atoms with E-state index in [-0.39, 0.29) is 0 Å². The highest BCUT2D eigenvalue weighted by atomic mass is 16.6. The number of para-hydroxylation sites is 2. The van der Waals surface area contributed by atoms with Crippen molar-refractivity contribution in [3.8, 4) is 0 Å². The summed E-state index contributed by atoms with van der Waals surface area (Å²) in [4.78, 5) is 0. The molecule has 0 aromatic heterocycles. The molecule has 0 saturated carbocycles. The molecule has 12 nitrogen and oxygen atoms in total. The predicted octanol–water partition coefficient (Wildman–Crippen LogP) is -3.89. The molecule has 3 rings (SSSR count). The number of nitrogens with one attached hydrogen (secondary N) is 2. The Morgan fingerprint density at radius 2 is 0.967 bits per heavy atom. The van der Waals surface area contributed by atoms with Gasteiger partial charge in [0.25, 0.3) is 0 Å². The molecule has 0 aliphatic carbocycles. The van der Waals surface area contributed by atoms with Gasteiger partial charge in [0.1, 0.15) is 48.8 Å². The standard InChI is InChI=1S/C18H28N2O10/c21-5-9-11(23)13(25)15(27)17(29-9)19-7-3-1-2-4-8(7)20-18-16(28)14(26)12(24)10(6-22)30-18/h1-4,9-28H,5-6H2. The molecule has 1 aromatic rings. The average molecular weight is 432 g/mol. The third-order valence-electron chi connectivity index (χ3n) is 5.31. The molecule has 0 radical (unpaired) electrons. The van der Waals surface area contributed by atoms with E-state index in [1.54, 1.807) is 24.3 Å². The molecular formula is C18H28N2O10. The van der Waals surface area contributed by atoms with Crippen molar-refractivity contribution in [3.05, 3.63) is 24.3 Å². The van der Waals surface area contributed by atoms with Gasteiger partial charge in [-0.2, -0.15) is 0 Å². The lowest BCUT2D eigenvalue weighted by molar-refractivity contribution is -0.222. The minimum absolute atomic E-state index is 0.346. The zero-order valence-corrected chi connectivity index (χ0v) is 15.9. The fourth-order valence-electron chi connectivity index (χ4n) is 3.48. The number of anilines is 2. The Balaban J connectivity index is 1.76. The Hall–Kier alpha value is -1.58. The summed E-state index contributed by atoms with van der Waals surface area (Å²) in [6, 6.07) is 6.50. The first-order valence-corrected chi connectivity index (χ1v) is 9.51. The highest BCUT2D eigenvalue weighted by Crippen LogP contribution is 2.30. The van der Waals surface area contributed by atoms with Crippen LogP contribution in [-0.4, -0.2) is 115 Å². The molecule has 10 unspecified atom stereocenters. The van der Waals surface area contributed by atoms with Crippen LogP contribution in [0.4, 0.5) is 11.4 Å². The van der Waals surface area contributed by atoms with E-state index in [1.807, 2.05) is 0 Å². The van der Waals surface area contributed by atoms with Crippen molar-refractivity contribution in [2.75, 3.05) is 23.8 Å². The molecule has 170 valence electrons. The topological polar surface area (TPSA) is 204 Å². The van der Waals surface area contributed by atoms with Crippen LogP contribution in [0.1, 0.15) is 0 Å². The summed E-state index contributed by atoms with van der Waals surface area (Å²) in [6.07, 6.45) is -13.7. The number of aliphatic hydroxyl groups is 8. The van der Waals surface area contributed by atoms with Crippen molar-refractivity contribution in [2.45, 2.75) is 61.3 Å². The molecule has 2 fully saturated rings. The van der Waals surface area contributed by atoms with Crippen molar-refractivity contribution in [3.63, 3.8) is 0 Å². The van der Waals surface area contributed by atoms with E-state index in [0.717, 1.165) is 0 Å². The van der Waals surface area contributed by atoms with Gasteiger partial charge in [0.2, 0.25) is 0 Å². The molecule has 2 aliphatic heterocycles. The molecule has 0 bridgehead atoms. The predicted molar refractivity (Wildman–Crippen MR) is 101 cm³/mol. The SMILES string of the molecule is OCC1OC(Nc2ccccc2NC2OC(CO)C(O)C(O)C2O)C(O)C(O)C1O. The molecule has 0 spiro atoms. The van der Waals surface area contributed by atoms with Gasteiger partial charge in [0.05, 0.1) is 24.6 Å². The van der Waals surface area contributed by atoms with Crippen LogP contribution in [0.2, 0.25) is 0 Å². The van der Waals surface area contributed by atoms with Gasteiger partial charge in [-0.25, -0.2) is 0 Å². The number of hydrogen-bond acceptors (Lipinski definition) is 12. The van der Waals surface area contributed by atoms with Gasteiger partial charge in [-0.3, -0.25) is 0 Å². The first kappa shape index (κ1) is 23.1. The summed E-state index contributed by atoms with van der Waals surface area (Å²) in [5.41, 5.74) is 0.692. The number of rotatable bonds is 6. The van der Waals surface area contributed by atoms with Gasteiger partial charge >= 0.3 is 0 Å². The summed E-state index contributed by atoms with van der Waals surface area (Å²) in [7, 11) is 0. The zero-order chi connectivity index (χ0) is 22.0. The van der Waals surface area contributed by atoms with E-state index in [9.17, 15) is 40.9 Å². The van der Waals surface area contributed by atoms with E-state index in [4.69, 9.17) is 9.47 Å². The molecule has 2 aliphatic rings. The van der Waals surface area contributed by atoms with Gasteiger partial charge < -0.3 is 61.0 Å². The van der Waals surface area contributed by atoms with Crippen LogP contribution >= 0.6 is 0 Å². The molecule has 10 N–H and O–H groups in total. The summed E-state index contributed by atoms with van der Waals surface area (Å²) in [6.45, 7) is -1.15. The quantitative estimate of drug-likeness (QED) is 0.210. The van der Waals surface area contributed by atoms with E-state index in [1.165, 1.54) is 0 Å². The van der Waals surface area contributed by atoms with Gasteiger partial charge in [0.15, 0.2) is 12.5 Å². The van der Waals surface area contributed by atoms with Crippen molar-refractivity contribution in [2.24, 2.45) is 0 Å². The fourth-order valence-corrected chi connectivity index (χ4v) is 3.48. The lowest BCUT2D eigenvalue weighted by atomic mass is 9.98. The second kappa shape index (κ2) is 9.70. The van der Waals surface area contributed by atoms with Crippen molar-refractivity contribution in [1.29, 1.82) is 0 Å². The van der Waals surface area contributed by atoms with Gasteiger partial charge in [-0.15, -0.1) is 0 Å². The van der Waals surface area contributed by atoms with Crippen LogP contribution in [0.15, 0.2) is 24.3 Å². The maximum absolute atomic E-state index is 10.2. The van der Waals surface area contributed by atoms with Crippen LogP contribution in [0.5, 0.6) is 0 Å². The normalized spacial score (nSPS) is 42.0. The molecule has 12 heteroatoms. The average Bonchev–Trinajstić information content (AvgIpc) is 2.75. The largest absolute Gasteiger partial charge is 0.394 e. The molecule has 30 heavy (non-hydrogen) atoms. The van der Waals surface area contributed by atoms with E-state index >= 15 is 0 Å². The fraction of sp³-hybridized carbons (Fsp3) is 0.667. The Labute approximate surface area is 171 Å². The van der Waals surface area contributed by atoms with Crippen LogP contribution in [0, 0.1) is 0 Å². The van der Waals surface area contributed by atoms with Gasteiger partial charge in [0, 0.05) is 0 Å². The number of benzene rings is 1. The second-order valence-electron chi connectivity index (χ2n) is 7.33. The Bertz CT molecular complexity index is 636. The van der Waals surface area contributed by atoms with Crippen LogP contribution in [0.3, 0.4) is 0 Å². The Morgan fingerprint density at radius 1 is 0.600 bits per heavy atom. The van der Waals surface area contributed by atoms with E-state index < -0.39 is 74.5 Å². The Morgan fingerprint density at radius 3 is 1.30 bits per heavy atom. The summed E-state index contributed by atoms with van der Waals surface area (Å²) in [5, 5.41) is 84.4. The molecule has 0 amide bonds. The van der Waals surface area contributed by atoms with E-state index in [0.29, 0.717) is 11.4 Å². The van der Waals surface area contributed by atoms with Crippen LogP contribution < -0.4 is 10.6 Å². The third kappa shape index (κ3) is 4.53. The van der Waals surface area contributed by atoms with Crippen molar-refractivity contribution < 1.29 is 50.3 Å². The number of aliphatic hydroxyl groups excluding tert-OH is 8. The molecule has 1 aromatic carbocycles. The minimum Gasteiger partial charge on any atom is -0.394 e. The van der Waals surface area contributed by atoms with Crippen molar-refractivity contribution in [1.82, 2.24) is 0 Å². The summed E-state index contributed by atoms with van der Waals surface area (Å²) in [5.74, 6) is 0. The molecular weight excluding hydrogens is 404 g/mol. The van der Waals surface area contributed by atoms with Crippen LogP contribution in [0.25, 0.3) is 0 Å². The first-order valence-electron chi connectivity index (χ1n) is 9.51.